The molecule has 444 valence electrons. The van der Waals surface area contributed by atoms with E-state index in [0.29, 0.717) is 22.4 Å². The molecule has 3 heterocycles. The molecule has 0 aliphatic heterocycles. The van der Waals surface area contributed by atoms with E-state index >= 15 is 0 Å². The maximum Gasteiger partial charge on any atom is 0.212 e. The van der Waals surface area contributed by atoms with E-state index in [0.717, 1.165) is 24.8 Å². The third kappa shape index (κ3) is 17.5. The van der Waals surface area contributed by atoms with Crippen LogP contribution in [0.5, 0.6) is 0 Å². The molecule has 0 fully saturated rings. The Kier molecular flexibility index (Phi) is 17.0. The van der Waals surface area contributed by atoms with E-state index in [9.17, 15) is 0 Å². The third-order valence-corrected chi connectivity index (χ3v) is 15.6. The van der Waals surface area contributed by atoms with E-state index in [1.54, 1.807) is 44.5 Å². The summed E-state index contributed by atoms with van der Waals surface area (Å²) in [6.45, 7) is 34.3. The van der Waals surface area contributed by atoms with Crippen molar-refractivity contribution in [3.8, 4) is 67.2 Å². The Labute approximate surface area is 527 Å². The maximum absolute atomic E-state index is 8.85. The van der Waals surface area contributed by atoms with Crippen LogP contribution in [0, 0.1) is 76.9 Å². The lowest BCUT2D eigenvalue weighted by molar-refractivity contribution is -0.661. The normalized spacial score (nSPS) is 13.8. The largest absolute Gasteiger partial charge is 0.212 e. The van der Waals surface area contributed by atoms with Gasteiger partial charge in [-0.25, -0.2) is 13.7 Å². The summed E-state index contributed by atoms with van der Waals surface area (Å²) in [5.74, 6) is 0. The molecule has 0 aliphatic carbocycles. The molecule has 9 aromatic rings. The van der Waals surface area contributed by atoms with Crippen molar-refractivity contribution in [2.75, 3.05) is 0 Å². The molecule has 0 aliphatic rings. The van der Waals surface area contributed by atoms with Gasteiger partial charge >= 0.3 is 0 Å². The highest BCUT2D eigenvalue weighted by Gasteiger charge is 2.26. The second kappa shape index (κ2) is 26.6. The molecule has 0 atom stereocenters. The van der Waals surface area contributed by atoms with Crippen LogP contribution >= 0.6 is 0 Å². The molecule has 0 unspecified atom stereocenters. The van der Waals surface area contributed by atoms with Gasteiger partial charge in [-0.05, 0) is 204 Å². The van der Waals surface area contributed by atoms with Gasteiger partial charge in [0.2, 0.25) is 17.1 Å². The fourth-order valence-electron chi connectivity index (χ4n) is 11.7. The molecule has 3 aromatic heterocycles. The summed E-state index contributed by atoms with van der Waals surface area (Å²) in [4.78, 5) is 0. The fourth-order valence-corrected chi connectivity index (χ4v) is 11.7. The zero-order valence-electron chi connectivity index (χ0n) is 63.6. The lowest BCUT2D eigenvalue weighted by Gasteiger charge is -2.24. The first-order valence-electron chi connectivity index (χ1n) is 34.5. The highest BCUT2D eigenvalue weighted by Crippen LogP contribution is 2.37. The van der Waals surface area contributed by atoms with Gasteiger partial charge in [-0.1, -0.05) is 192 Å². The predicted molar refractivity (Wildman–Crippen MR) is 366 cm³/mol. The number of benzene rings is 6. The highest BCUT2D eigenvalue weighted by atomic mass is 14.9. The van der Waals surface area contributed by atoms with Gasteiger partial charge in [0.05, 0.1) is 0 Å². The van der Waals surface area contributed by atoms with Crippen LogP contribution in [0.1, 0.15) is 161 Å². The molecule has 0 bridgehead atoms. The van der Waals surface area contributed by atoms with Crippen LogP contribution in [-0.2, 0) is 46.8 Å². The van der Waals surface area contributed by atoms with Gasteiger partial charge < -0.3 is 0 Å². The maximum atomic E-state index is 8.85. The van der Waals surface area contributed by atoms with Crippen molar-refractivity contribution in [1.29, 1.82) is 0 Å². The second-order valence-electron chi connectivity index (χ2n) is 28.8. The topological polar surface area (TPSA) is 11.6 Å². The van der Waals surface area contributed by atoms with Crippen molar-refractivity contribution in [1.82, 2.24) is 0 Å². The Morgan fingerprint density at radius 1 is 0.306 bits per heavy atom. The van der Waals surface area contributed by atoms with Gasteiger partial charge in [0.1, 0.15) is 21.1 Å². The summed E-state index contributed by atoms with van der Waals surface area (Å²) >= 11 is 0. The van der Waals surface area contributed by atoms with E-state index in [4.69, 9.17) is 11.0 Å². The second-order valence-corrected chi connectivity index (χ2v) is 28.8. The van der Waals surface area contributed by atoms with Gasteiger partial charge in [-0.2, -0.15) is 0 Å². The summed E-state index contributed by atoms with van der Waals surface area (Å²) in [6, 6.07) is 50.0. The van der Waals surface area contributed by atoms with Gasteiger partial charge in [0, 0.05) is 62.5 Å². The lowest BCUT2D eigenvalue weighted by atomic mass is 9.81. The number of aryl methyl sites for hydroxylation is 11. The number of hydrogen-bond donors (Lipinski definition) is 0. The van der Waals surface area contributed by atoms with Gasteiger partial charge in [0.25, 0.3) is 0 Å². The number of pyridine rings is 3. The average molecular weight is 1140 g/mol. The first-order valence-corrected chi connectivity index (χ1v) is 30.5. The minimum absolute atomic E-state index is 0.0382. The molecular weight excluding hydrogens is 1030 g/mol. The van der Waals surface area contributed by atoms with E-state index in [1.807, 2.05) is 43.3 Å². The van der Waals surface area contributed by atoms with Gasteiger partial charge in [-0.15, -0.1) is 0 Å². The van der Waals surface area contributed by atoms with Crippen LogP contribution in [0.15, 0.2) is 164 Å². The van der Waals surface area contributed by atoms with Crippen LogP contribution in [0.3, 0.4) is 0 Å². The molecule has 3 heteroatoms. The van der Waals surface area contributed by atoms with Crippen molar-refractivity contribution in [2.24, 2.45) is 42.8 Å². The summed E-state index contributed by atoms with van der Waals surface area (Å²) in [6.07, 6.45) is 7.45. The quantitative estimate of drug-likeness (QED) is 0.121. The van der Waals surface area contributed by atoms with Crippen molar-refractivity contribution in [3.05, 3.63) is 231 Å². The van der Waals surface area contributed by atoms with Crippen LogP contribution in [0.4, 0.5) is 0 Å². The van der Waals surface area contributed by atoms with Crippen molar-refractivity contribution >= 4 is 0 Å². The first kappa shape index (κ1) is 54.4. The van der Waals surface area contributed by atoms with E-state index in [2.05, 4.69) is 230 Å². The Morgan fingerprint density at radius 2 is 0.612 bits per heavy atom. The van der Waals surface area contributed by atoms with Crippen LogP contribution < -0.4 is 13.7 Å². The van der Waals surface area contributed by atoms with Crippen molar-refractivity contribution in [2.45, 2.75) is 164 Å². The monoisotopic (exact) mass is 1140 g/mol. The molecule has 3 nitrogen and oxygen atoms in total. The highest BCUT2D eigenvalue weighted by molar-refractivity contribution is 5.78. The lowest BCUT2D eigenvalue weighted by Crippen LogP contribution is -2.33. The first-order chi connectivity index (χ1) is 42.8. The molecule has 0 saturated carbocycles. The Bertz CT molecular complexity index is 4110. The number of nitrogens with zero attached hydrogens (tertiary/aromatic N) is 3. The minimum Gasteiger partial charge on any atom is -0.201 e. The third-order valence-electron chi connectivity index (χ3n) is 15.6. The molecule has 0 radical (unpaired) electrons. The Morgan fingerprint density at radius 3 is 0.988 bits per heavy atom. The van der Waals surface area contributed by atoms with E-state index in [-0.39, 0.29) is 32.9 Å². The molecule has 85 heavy (non-hydrogen) atoms. The SMILES string of the molecule is Cc1c[n+](C)c(-c2cc(-c3ccccc3)c(C)cc2C)cc1CC(C)(C)C.Cc1cc(C)c(-c2cc(CC(C)(C)C)c(CC(C)(C)C)c[n+]2C)cc1-c1ccccc1.[2H]C([2H])([2H])c1cc(C)c(-c2cc(C([2H])([2H])C(C)(C)C)c(C([2H])([2H])[2H])c[n+]2C)cc1-c1ccccc1. The van der Waals surface area contributed by atoms with Gasteiger partial charge in [0.15, 0.2) is 18.6 Å². The molecule has 0 saturated heterocycles. The smallest absolute Gasteiger partial charge is 0.201 e. The zero-order valence-corrected chi connectivity index (χ0v) is 55.6. The van der Waals surface area contributed by atoms with E-state index < -0.39 is 25.5 Å². The van der Waals surface area contributed by atoms with Crippen molar-refractivity contribution < 1.29 is 24.7 Å². The van der Waals surface area contributed by atoms with Gasteiger partial charge in [-0.3, -0.25) is 0 Å². The molecule has 6 aromatic carbocycles. The molecule has 0 amide bonds. The van der Waals surface area contributed by atoms with E-state index in [1.165, 1.54) is 95.5 Å². The molecule has 0 spiro atoms. The minimum atomic E-state index is -2.50. The summed E-state index contributed by atoms with van der Waals surface area (Å²) in [7, 11) is 6.08. The Balaban J connectivity index is 0.000000199. The number of aromatic nitrogens is 3. The zero-order chi connectivity index (χ0) is 69.3. The summed E-state index contributed by atoms with van der Waals surface area (Å²) < 4.78 is 72.3. The molecule has 9 rings (SSSR count). The van der Waals surface area contributed by atoms with Crippen LogP contribution in [0.25, 0.3) is 67.2 Å². The van der Waals surface area contributed by atoms with Crippen molar-refractivity contribution in [3.63, 3.8) is 0 Å². The van der Waals surface area contributed by atoms with Crippen LogP contribution in [-0.4, -0.2) is 0 Å². The fraction of sp³-hybridized carbons (Fsp3) is 0.378. The number of hydrogen-bond acceptors (Lipinski definition) is 0. The summed E-state index contributed by atoms with van der Waals surface area (Å²) in [5, 5.41) is 0. The summed E-state index contributed by atoms with van der Waals surface area (Å²) in [5.41, 5.74) is 25.1. The standard InChI is InChI=1S/C30H40N.2C26H32N/c1-21-15-22(2)27(17-26(21)23-13-11-10-12-14-23)28-16-24(18-29(3,4)5)25(20-31(28)9)19-30(6,7)8;2*1-18-13-19(2)24(15-23(18)21-11-9-8-10-12-21)25-14-22(16-26(4,5)6)20(3)17-27(25)7/h10-17,20H,18-19H2,1-9H3;2*8-15,17H,16H2,1-7H3/q3*+1/i;1D3,3D3,16D2;. The molecular formula is C82H104N3+3. The number of rotatable bonds is 10. The van der Waals surface area contributed by atoms with Crippen LogP contribution in [0.2, 0.25) is 0 Å². The Hall–Kier alpha value is -7.23. The average Bonchev–Trinajstić information content (AvgIpc) is 0.750. The predicted octanol–water partition coefficient (Wildman–Crippen LogP) is 20.4. The molecule has 0 N–H and O–H groups in total.